The zero-order valence-corrected chi connectivity index (χ0v) is 13.1. The molecular formula is C15H13BrN2OS. The molecule has 3 aromatic rings. The zero-order chi connectivity index (χ0) is 13.2. The first-order valence-electron chi connectivity index (χ1n) is 5.97. The fraction of sp³-hybridized carbons (Fsp3) is 0.0667. The number of para-hydroxylation sites is 1. The summed E-state index contributed by atoms with van der Waals surface area (Å²) in [4.78, 5) is 12.6. The third-order valence-electron chi connectivity index (χ3n) is 3.01. The van der Waals surface area contributed by atoms with Gasteiger partial charge in [-0.2, -0.15) is 0 Å². The lowest BCUT2D eigenvalue weighted by Gasteiger charge is -2.04. The molecule has 1 heterocycles. The summed E-state index contributed by atoms with van der Waals surface area (Å²) in [6, 6.07) is 17.0. The maximum absolute atomic E-state index is 12.2. The van der Waals surface area contributed by atoms with Crippen molar-refractivity contribution in [1.29, 1.82) is 5.41 Å². The van der Waals surface area contributed by atoms with Gasteiger partial charge in [0.1, 0.15) is 0 Å². The fourth-order valence-electron chi connectivity index (χ4n) is 2.05. The minimum absolute atomic E-state index is 0. The van der Waals surface area contributed by atoms with E-state index in [4.69, 9.17) is 5.41 Å². The predicted molar refractivity (Wildman–Crippen MR) is 86.8 cm³/mol. The number of Topliss-reactive ketones (excluding diaryl/α,β-unsaturated/α-hetero) is 1. The van der Waals surface area contributed by atoms with Crippen molar-refractivity contribution in [2.24, 2.45) is 0 Å². The van der Waals surface area contributed by atoms with Crippen LogP contribution in [0.2, 0.25) is 0 Å². The van der Waals surface area contributed by atoms with Crippen molar-refractivity contribution in [3.05, 3.63) is 65.0 Å². The highest BCUT2D eigenvalue weighted by molar-refractivity contribution is 8.93. The van der Waals surface area contributed by atoms with E-state index in [1.54, 1.807) is 16.7 Å². The Morgan fingerprint density at radius 1 is 1.05 bits per heavy atom. The van der Waals surface area contributed by atoms with Gasteiger partial charge in [-0.1, -0.05) is 53.8 Å². The molecule has 0 unspecified atom stereocenters. The van der Waals surface area contributed by atoms with Gasteiger partial charge in [-0.3, -0.25) is 10.2 Å². The van der Waals surface area contributed by atoms with Gasteiger partial charge in [0.15, 0.2) is 10.6 Å². The normalized spacial score (nSPS) is 10.2. The number of nitrogens with one attached hydrogen (secondary N) is 1. The first kappa shape index (κ1) is 14.7. The summed E-state index contributed by atoms with van der Waals surface area (Å²) in [5, 5.41) is 7.98. The standard InChI is InChI=1S/C15H12N2OS.BrH/c16-15-17(12-8-4-5-9-14(12)19-15)10-13(18)11-6-2-1-3-7-11;/h1-9,16H,10H2;1H. The number of benzene rings is 2. The van der Waals surface area contributed by atoms with Crippen LogP contribution in [0.25, 0.3) is 10.2 Å². The smallest absolute Gasteiger partial charge is 0.183 e. The fourth-order valence-corrected chi connectivity index (χ4v) is 2.96. The highest BCUT2D eigenvalue weighted by Crippen LogP contribution is 2.16. The van der Waals surface area contributed by atoms with Crippen molar-refractivity contribution < 1.29 is 4.79 Å². The average Bonchev–Trinajstić information content (AvgIpc) is 2.76. The molecule has 0 saturated heterocycles. The summed E-state index contributed by atoms with van der Waals surface area (Å²) in [6.07, 6.45) is 0. The molecule has 1 N–H and O–H groups in total. The van der Waals surface area contributed by atoms with Gasteiger partial charge < -0.3 is 4.57 Å². The number of hydrogen-bond donors (Lipinski definition) is 1. The minimum Gasteiger partial charge on any atom is -0.309 e. The molecule has 0 spiro atoms. The molecule has 1 aromatic heterocycles. The highest BCUT2D eigenvalue weighted by Gasteiger charge is 2.10. The van der Waals surface area contributed by atoms with E-state index in [9.17, 15) is 4.79 Å². The van der Waals surface area contributed by atoms with Gasteiger partial charge in [-0.05, 0) is 12.1 Å². The Bertz CT molecular complexity index is 792. The van der Waals surface area contributed by atoms with Crippen molar-refractivity contribution in [3.63, 3.8) is 0 Å². The van der Waals surface area contributed by atoms with E-state index in [1.807, 2.05) is 42.5 Å². The summed E-state index contributed by atoms with van der Waals surface area (Å²) in [5.41, 5.74) is 1.63. The van der Waals surface area contributed by atoms with Gasteiger partial charge in [-0.25, -0.2) is 0 Å². The van der Waals surface area contributed by atoms with E-state index in [-0.39, 0.29) is 29.3 Å². The maximum Gasteiger partial charge on any atom is 0.183 e. The second-order valence-electron chi connectivity index (χ2n) is 4.25. The third kappa shape index (κ3) is 2.73. The van der Waals surface area contributed by atoms with Crippen LogP contribution in [-0.2, 0) is 6.54 Å². The number of fused-ring (bicyclic) bond motifs is 1. The molecule has 102 valence electrons. The summed E-state index contributed by atoms with van der Waals surface area (Å²) < 4.78 is 2.79. The van der Waals surface area contributed by atoms with Crippen molar-refractivity contribution >= 4 is 44.3 Å². The van der Waals surface area contributed by atoms with Crippen LogP contribution in [0.15, 0.2) is 54.6 Å². The second kappa shape index (κ2) is 6.15. The second-order valence-corrected chi connectivity index (χ2v) is 5.28. The summed E-state index contributed by atoms with van der Waals surface area (Å²) in [5.74, 6) is 0.0302. The van der Waals surface area contributed by atoms with Crippen molar-refractivity contribution in [2.75, 3.05) is 0 Å². The van der Waals surface area contributed by atoms with Gasteiger partial charge >= 0.3 is 0 Å². The lowest BCUT2D eigenvalue weighted by atomic mass is 10.1. The molecule has 0 saturated carbocycles. The monoisotopic (exact) mass is 348 g/mol. The molecular weight excluding hydrogens is 336 g/mol. The maximum atomic E-state index is 12.2. The van der Waals surface area contributed by atoms with E-state index in [2.05, 4.69) is 0 Å². The lowest BCUT2D eigenvalue weighted by Crippen LogP contribution is -2.19. The number of halogens is 1. The molecule has 3 rings (SSSR count). The Kier molecular flexibility index (Phi) is 4.52. The van der Waals surface area contributed by atoms with Gasteiger partial charge in [0, 0.05) is 5.56 Å². The molecule has 0 aliphatic heterocycles. The van der Waals surface area contributed by atoms with E-state index in [0.717, 1.165) is 10.2 Å². The Labute approximate surface area is 130 Å². The van der Waals surface area contributed by atoms with Gasteiger partial charge in [0.2, 0.25) is 0 Å². The SMILES string of the molecule is Br.N=c1sc2ccccc2n1CC(=O)c1ccccc1. The average molecular weight is 349 g/mol. The number of carbonyl (C=O) groups is 1. The van der Waals surface area contributed by atoms with Crippen LogP contribution in [0.3, 0.4) is 0 Å². The quantitative estimate of drug-likeness (QED) is 0.721. The molecule has 0 amide bonds. The number of nitrogens with zero attached hydrogens (tertiary/aromatic N) is 1. The Balaban J connectivity index is 0.00000147. The van der Waals surface area contributed by atoms with E-state index >= 15 is 0 Å². The van der Waals surface area contributed by atoms with E-state index < -0.39 is 0 Å². The molecule has 0 fully saturated rings. The van der Waals surface area contributed by atoms with Crippen LogP contribution in [-0.4, -0.2) is 10.4 Å². The van der Waals surface area contributed by atoms with Crippen molar-refractivity contribution in [2.45, 2.75) is 6.54 Å². The summed E-state index contributed by atoms with van der Waals surface area (Å²) in [6.45, 7) is 0.215. The van der Waals surface area contributed by atoms with Crippen LogP contribution in [0.1, 0.15) is 10.4 Å². The van der Waals surface area contributed by atoms with E-state index in [0.29, 0.717) is 10.4 Å². The first-order chi connectivity index (χ1) is 9.25. The number of aromatic nitrogens is 1. The molecule has 0 atom stereocenters. The molecule has 0 radical (unpaired) electrons. The largest absolute Gasteiger partial charge is 0.309 e. The number of hydrogen-bond acceptors (Lipinski definition) is 3. The zero-order valence-electron chi connectivity index (χ0n) is 10.6. The Morgan fingerprint density at radius 2 is 1.70 bits per heavy atom. The Hall–Kier alpha value is -1.72. The van der Waals surface area contributed by atoms with Gasteiger partial charge in [0.05, 0.1) is 16.8 Å². The van der Waals surface area contributed by atoms with Gasteiger partial charge in [0.25, 0.3) is 0 Å². The number of ketones is 1. The molecule has 3 nitrogen and oxygen atoms in total. The van der Waals surface area contributed by atoms with Crippen LogP contribution in [0.5, 0.6) is 0 Å². The summed E-state index contributed by atoms with van der Waals surface area (Å²) in [7, 11) is 0. The molecule has 0 aliphatic carbocycles. The number of carbonyl (C=O) groups excluding carboxylic acids is 1. The Morgan fingerprint density at radius 3 is 2.45 bits per heavy atom. The van der Waals surface area contributed by atoms with Crippen LogP contribution in [0, 0.1) is 5.41 Å². The molecule has 0 aliphatic rings. The predicted octanol–water partition coefficient (Wildman–Crippen LogP) is 3.64. The van der Waals surface area contributed by atoms with Crippen molar-refractivity contribution in [1.82, 2.24) is 4.57 Å². The molecule has 0 bridgehead atoms. The first-order valence-corrected chi connectivity index (χ1v) is 6.78. The van der Waals surface area contributed by atoms with Crippen LogP contribution in [0.4, 0.5) is 0 Å². The number of thiazole rings is 1. The van der Waals surface area contributed by atoms with Crippen LogP contribution < -0.4 is 4.80 Å². The molecule has 20 heavy (non-hydrogen) atoms. The number of rotatable bonds is 3. The minimum atomic E-state index is 0. The van der Waals surface area contributed by atoms with E-state index in [1.165, 1.54) is 11.3 Å². The van der Waals surface area contributed by atoms with Crippen molar-refractivity contribution in [3.8, 4) is 0 Å². The molecule has 2 aromatic carbocycles. The summed E-state index contributed by atoms with van der Waals surface area (Å²) >= 11 is 1.39. The molecule has 5 heteroatoms. The third-order valence-corrected chi connectivity index (χ3v) is 3.98. The van der Waals surface area contributed by atoms with Gasteiger partial charge in [-0.15, -0.1) is 17.0 Å². The highest BCUT2D eigenvalue weighted by atomic mass is 79.9. The topological polar surface area (TPSA) is 45.9 Å². The van der Waals surface area contributed by atoms with Crippen LogP contribution >= 0.6 is 28.3 Å². The lowest BCUT2D eigenvalue weighted by molar-refractivity contribution is 0.0972.